The molecule has 0 heterocycles. The molecule has 3 amide bonds. The summed E-state index contributed by atoms with van der Waals surface area (Å²) in [4.78, 5) is 31.9. The van der Waals surface area contributed by atoms with Crippen LogP contribution in [0.2, 0.25) is 0 Å². The van der Waals surface area contributed by atoms with Crippen molar-refractivity contribution < 1.29 is 24.2 Å². The molecule has 0 aliphatic heterocycles. The monoisotopic (exact) mass is 247 g/mol. The van der Waals surface area contributed by atoms with E-state index in [0.29, 0.717) is 6.42 Å². The molecule has 1 unspecified atom stereocenters. The first kappa shape index (κ1) is 15.0. The minimum absolute atomic E-state index is 0.0293. The second-order valence-corrected chi connectivity index (χ2v) is 3.27. The van der Waals surface area contributed by atoms with Crippen molar-refractivity contribution in [3.63, 3.8) is 0 Å². The Morgan fingerprint density at radius 3 is 2.53 bits per heavy atom. The highest BCUT2D eigenvalue weighted by molar-refractivity contribution is 5.75. The SMILES string of the molecule is CCC(CC(=O)O)NC(=O)NCCOC(N)=O. The maximum atomic E-state index is 11.3. The number of primary amides is 1. The van der Waals surface area contributed by atoms with Gasteiger partial charge in [0, 0.05) is 6.04 Å². The maximum absolute atomic E-state index is 11.3. The Hall–Kier alpha value is -1.99. The van der Waals surface area contributed by atoms with E-state index < -0.39 is 24.1 Å². The average Bonchev–Trinajstić information content (AvgIpc) is 2.22. The minimum Gasteiger partial charge on any atom is -0.481 e. The van der Waals surface area contributed by atoms with Gasteiger partial charge in [0.05, 0.1) is 13.0 Å². The van der Waals surface area contributed by atoms with Crippen molar-refractivity contribution in [3.05, 3.63) is 0 Å². The van der Waals surface area contributed by atoms with Crippen LogP contribution in [0.4, 0.5) is 9.59 Å². The number of nitrogens with two attached hydrogens (primary N) is 1. The number of aliphatic carboxylic acids is 1. The van der Waals surface area contributed by atoms with Crippen LogP contribution in [-0.4, -0.2) is 42.4 Å². The van der Waals surface area contributed by atoms with Crippen LogP contribution in [0.3, 0.4) is 0 Å². The lowest BCUT2D eigenvalue weighted by Crippen LogP contribution is -2.43. The molecule has 17 heavy (non-hydrogen) atoms. The molecule has 0 saturated heterocycles. The standard InChI is InChI=1S/C9H17N3O5/c1-2-6(5-7(13)14)12-9(16)11-3-4-17-8(10)15/h6H,2-5H2,1H3,(H2,10,15)(H,13,14)(H2,11,12,16). The summed E-state index contributed by atoms with van der Waals surface area (Å²) >= 11 is 0. The van der Waals surface area contributed by atoms with Crippen LogP contribution in [0.25, 0.3) is 0 Å². The quantitative estimate of drug-likeness (QED) is 0.456. The van der Waals surface area contributed by atoms with Gasteiger partial charge in [0.2, 0.25) is 0 Å². The topological polar surface area (TPSA) is 131 Å². The molecule has 0 aromatic carbocycles. The van der Waals surface area contributed by atoms with E-state index in [1.165, 1.54) is 0 Å². The van der Waals surface area contributed by atoms with E-state index in [2.05, 4.69) is 15.4 Å². The summed E-state index contributed by atoms with van der Waals surface area (Å²) in [6.07, 6.45) is -0.538. The summed E-state index contributed by atoms with van der Waals surface area (Å²) in [5, 5.41) is 13.4. The summed E-state index contributed by atoms with van der Waals surface area (Å²) in [6, 6.07) is -0.935. The molecule has 98 valence electrons. The van der Waals surface area contributed by atoms with Crippen LogP contribution in [0.1, 0.15) is 19.8 Å². The number of hydrogen-bond donors (Lipinski definition) is 4. The van der Waals surface area contributed by atoms with Crippen LogP contribution in [0.15, 0.2) is 0 Å². The first-order valence-electron chi connectivity index (χ1n) is 5.14. The van der Waals surface area contributed by atoms with Gasteiger partial charge in [0.25, 0.3) is 0 Å². The number of carboxylic acids is 1. The number of carboxylic acid groups (broad SMARTS) is 1. The first-order valence-corrected chi connectivity index (χ1v) is 5.14. The molecular weight excluding hydrogens is 230 g/mol. The van der Waals surface area contributed by atoms with Crippen molar-refractivity contribution >= 4 is 18.1 Å². The maximum Gasteiger partial charge on any atom is 0.404 e. The van der Waals surface area contributed by atoms with Crippen molar-refractivity contribution in [3.8, 4) is 0 Å². The molecule has 0 radical (unpaired) electrons. The van der Waals surface area contributed by atoms with E-state index in [4.69, 9.17) is 10.8 Å². The fraction of sp³-hybridized carbons (Fsp3) is 0.667. The Bertz CT molecular complexity index is 282. The van der Waals surface area contributed by atoms with Gasteiger partial charge < -0.3 is 26.2 Å². The molecule has 0 fully saturated rings. The number of urea groups is 1. The number of carbonyl (C=O) groups is 3. The third-order valence-electron chi connectivity index (χ3n) is 1.88. The van der Waals surface area contributed by atoms with Gasteiger partial charge in [-0.2, -0.15) is 0 Å². The van der Waals surface area contributed by atoms with Crippen LogP contribution in [0, 0.1) is 0 Å². The predicted octanol–water partition coefficient (Wildman–Crippen LogP) is -0.366. The number of ether oxygens (including phenoxy) is 1. The highest BCUT2D eigenvalue weighted by Gasteiger charge is 2.13. The number of hydrogen-bond acceptors (Lipinski definition) is 4. The first-order chi connectivity index (χ1) is 7.95. The fourth-order valence-corrected chi connectivity index (χ4v) is 1.06. The number of rotatable bonds is 7. The molecule has 8 heteroatoms. The van der Waals surface area contributed by atoms with Crippen LogP contribution in [0.5, 0.6) is 0 Å². The summed E-state index contributed by atoms with van der Waals surface area (Å²) in [7, 11) is 0. The molecule has 0 aromatic heterocycles. The third kappa shape index (κ3) is 8.97. The summed E-state index contributed by atoms with van der Waals surface area (Å²) in [6.45, 7) is 1.85. The largest absolute Gasteiger partial charge is 0.481 e. The molecule has 1 atom stereocenters. The van der Waals surface area contributed by atoms with Gasteiger partial charge in [-0.1, -0.05) is 6.92 Å². The second kappa shape index (κ2) is 8.20. The zero-order valence-corrected chi connectivity index (χ0v) is 9.56. The zero-order chi connectivity index (χ0) is 13.3. The Kier molecular flexibility index (Phi) is 7.24. The highest BCUT2D eigenvalue weighted by atomic mass is 16.5. The van der Waals surface area contributed by atoms with Gasteiger partial charge >= 0.3 is 18.1 Å². The fourth-order valence-electron chi connectivity index (χ4n) is 1.06. The minimum atomic E-state index is -0.978. The lowest BCUT2D eigenvalue weighted by atomic mass is 10.1. The van der Waals surface area contributed by atoms with Crippen LogP contribution < -0.4 is 16.4 Å². The van der Waals surface area contributed by atoms with Crippen molar-refractivity contribution in [2.75, 3.05) is 13.2 Å². The second-order valence-electron chi connectivity index (χ2n) is 3.27. The summed E-state index contributed by atoms with van der Waals surface area (Å²) in [5.74, 6) is -0.978. The van der Waals surface area contributed by atoms with E-state index in [1.54, 1.807) is 6.92 Å². The van der Waals surface area contributed by atoms with E-state index in [-0.39, 0.29) is 19.6 Å². The van der Waals surface area contributed by atoms with Gasteiger partial charge in [0.1, 0.15) is 6.61 Å². The smallest absolute Gasteiger partial charge is 0.404 e. The van der Waals surface area contributed by atoms with E-state index in [0.717, 1.165) is 0 Å². The lowest BCUT2D eigenvalue weighted by Gasteiger charge is -2.15. The Balaban J connectivity index is 3.75. The Morgan fingerprint density at radius 1 is 1.41 bits per heavy atom. The van der Waals surface area contributed by atoms with Crippen LogP contribution in [-0.2, 0) is 9.53 Å². The number of carbonyl (C=O) groups excluding carboxylic acids is 2. The molecule has 0 aromatic rings. The normalized spacial score (nSPS) is 11.4. The molecule has 0 rings (SSSR count). The van der Waals surface area contributed by atoms with Gasteiger partial charge in [-0.15, -0.1) is 0 Å². The average molecular weight is 247 g/mol. The van der Waals surface area contributed by atoms with Crippen molar-refractivity contribution in [1.29, 1.82) is 0 Å². The van der Waals surface area contributed by atoms with E-state index in [1.807, 2.05) is 0 Å². The molecule has 8 nitrogen and oxygen atoms in total. The number of amides is 3. The summed E-state index contributed by atoms with van der Waals surface area (Å²) in [5.41, 5.74) is 4.71. The third-order valence-corrected chi connectivity index (χ3v) is 1.88. The van der Waals surface area contributed by atoms with E-state index in [9.17, 15) is 14.4 Å². The van der Waals surface area contributed by atoms with Gasteiger partial charge in [-0.3, -0.25) is 4.79 Å². The van der Waals surface area contributed by atoms with Gasteiger partial charge in [0.15, 0.2) is 0 Å². The lowest BCUT2D eigenvalue weighted by molar-refractivity contribution is -0.137. The van der Waals surface area contributed by atoms with Crippen LogP contribution >= 0.6 is 0 Å². The van der Waals surface area contributed by atoms with E-state index >= 15 is 0 Å². The molecule has 0 bridgehead atoms. The predicted molar refractivity (Wildman–Crippen MR) is 58.4 cm³/mol. The molecule has 0 aliphatic rings. The Labute approximate surface area is 98.5 Å². The van der Waals surface area contributed by atoms with Gasteiger partial charge in [-0.25, -0.2) is 9.59 Å². The van der Waals surface area contributed by atoms with Crippen molar-refractivity contribution in [2.24, 2.45) is 5.73 Å². The molecule has 0 spiro atoms. The molecule has 0 saturated carbocycles. The molecular formula is C9H17N3O5. The van der Waals surface area contributed by atoms with Gasteiger partial charge in [-0.05, 0) is 6.42 Å². The zero-order valence-electron chi connectivity index (χ0n) is 9.56. The highest BCUT2D eigenvalue weighted by Crippen LogP contribution is 1.96. The Morgan fingerprint density at radius 2 is 2.06 bits per heavy atom. The number of nitrogens with one attached hydrogen (secondary N) is 2. The van der Waals surface area contributed by atoms with Crippen molar-refractivity contribution in [1.82, 2.24) is 10.6 Å². The molecule has 0 aliphatic carbocycles. The summed E-state index contributed by atoms with van der Waals surface area (Å²) < 4.78 is 4.39. The molecule has 5 N–H and O–H groups in total. The van der Waals surface area contributed by atoms with Crippen molar-refractivity contribution in [2.45, 2.75) is 25.8 Å².